The first-order valence-electron chi connectivity index (χ1n) is 10.4. The van der Waals surface area contributed by atoms with Crippen LogP contribution in [0.1, 0.15) is 15.9 Å². The quantitative estimate of drug-likeness (QED) is 0.433. The van der Waals surface area contributed by atoms with Crippen molar-refractivity contribution in [2.24, 2.45) is 0 Å². The SMILES string of the molecule is Cc1ccc(NC(=O)c2ccc(N3CCOCS3)cc2)cc1-c1ccc2ncccc2n1. The Kier molecular flexibility index (Phi) is 5.75. The minimum atomic E-state index is -0.142. The first-order chi connectivity index (χ1) is 15.7. The molecule has 5 rings (SSSR count). The molecular formula is C25H22N4O2S. The second kappa shape index (κ2) is 8.98. The Labute approximate surface area is 190 Å². The summed E-state index contributed by atoms with van der Waals surface area (Å²) in [5.41, 5.74) is 7.05. The number of aryl methyl sites for hydroxylation is 1. The van der Waals surface area contributed by atoms with E-state index in [4.69, 9.17) is 9.72 Å². The van der Waals surface area contributed by atoms with Crippen LogP contribution in [0.3, 0.4) is 0 Å². The van der Waals surface area contributed by atoms with E-state index in [1.807, 2.05) is 73.7 Å². The van der Waals surface area contributed by atoms with Crippen molar-refractivity contribution in [2.75, 3.05) is 28.7 Å². The number of nitrogens with one attached hydrogen (secondary N) is 1. The molecule has 0 aliphatic carbocycles. The van der Waals surface area contributed by atoms with Crippen LogP contribution >= 0.6 is 11.9 Å². The van der Waals surface area contributed by atoms with Crippen molar-refractivity contribution < 1.29 is 9.53 Å². The van der Waals surface area contributed by atoms with Gasteiger partial charge >= 0.3 is 0 Å². The summed E-state index contributed by atoms with van der Waals surface area (Å²) in [4.78, 5) is 21.9. The maximum absolute atomic E-state index is 12.8. The second-order valence-corrected chi connectivity index (χ2v) is 8.46. The molecule has 4 aromatic rings. The number of hydrogen-bond acceptors (Lipinski definition) is 6. The monoisotopic (exact) mass is 442 g/mol. The van der Waals surface area contributed by atoms with Crippen LogP contribution in [0, 0.1) is 6.92 Å². The Bertz CT molecular complexity index is 1270. The highest BCUT2D eigenvalue weighted by Crippen LogP contribution is 2.28. The Hall–Kier alpha value is -3.42. The van der Waals surface area contributed by atoms with Crippen LogP contribution in [0.4, 0.5) is 11.4 Å². The van der Waals surface area contributed by atoms with E-state index >= 15 is 0 Å². The molecule has 160 valence electrons. The normalized spacial score (nSPS) is 13.8. The molecule has 1 aliphatic rings. The van der Waals surface area contributed by atoms with Gasteiger partial charge < -0.3 is 14.4 Å². The molecule has 0 spiro atoms. The van der Waals surface area contributed by atoms with Crippen molar-refractivity contribution in [3.63, 3.8) is 0 Å². The minimum Gasteiger partial charge on any atom is -0.367 e. The third-order valence-electron chi connectivity index (χ3n) is 5.38. The standard InChI is InChI=1S/C25H22N4O2S/c1-17-4-7-19(15-21(17)22-10-11-23-24(28-22)3-2-12-26-23)27-25(30)18-5-8-20(9-6-18)29-13-14-31-16-32-29/h2-12,15H,13-14,16H2,1H3,(H,27,30). The second-order valence-electron chi connectivity index (χ2n) is 7.53. The number of carbonyl (C=O) groups excluding carboxylic acids is 1. The highest BCUT2D eigenvalue weighted by atomic mass is 32.2. The van der Waals surface area contributed by atoms with E-state index in [-0.39, 0.29) is 5.91 Å². The van der Waals surface area contributed by atoms with E-state index < -0.39 is 0 Å². The summed E-state index contributed by atoms with van der Waals surface area (Å²) in [5.74, 6) is 0.511. The van der Waals surface area contributed by atoms with Gasteiger partial charge in [-0.15, -0.1) is 0 Å². The number of carbonyl (C=O) groups is 1. The first kappa shape index (κ1) is 20.5. The predicted molar refractivity (Wildman–Crippen MR) is 130 cm³/mol. The van der Waals surface area contributed by atoms with Crippen LogP contribution in [-0.2, 0) is 4.74 Å². The molecule has 7 heteroatoms. The van der Waals surface area contributed by atoms with Crippen molar-refractivity contribution in [1.82, 2.24) is 9.97 Å². The molecule has 1 fully saturated rings. The van der Waals surface area contributed by atoms with E-state index in [1.165, 1.54) is 0 Å². The first-order valence-corrected chi connectivity index (χ1v) is 11.3. The van der Waals surface area contributed by atoms with Crippen LogP contribution in [0.2, 0.25) is 0 Å². The van der Waals surface area contributed by atoms with Gasteiger partial charge in [-0.1, -0.05) is 6.07 Å². The van der Waals surface area contributed by atoms with Gasteiger partial charge in [0.1, 0.15) is 5.94 Å². The molecule has 0 atom stereocenters. The molecule has 2 aromatic carbocycles. The highest BCUT2D eigenvalue weighted by Gasteiger charge is 2.14. The zero-order valence-electron chi connectivity index (χ0n) is 17.6. The van der Waals surface area contributed by atoms with E-state index in [0.717, 1.165) is 45.8 Å². The summed E-state index contributed by atoms with van der Waals surface area (Å²) in [5, 5.41) is 3.01. The molecule has 0 saturated carbocycles. The van der Waals surface area contributed by atoms with Gasteiger partial charge in [0.15, 0.2) is 0 Å². The molecule has 3 heterocycles. The van der Waals surface area contributed by atoms with Gasteiger partial charge in [-0.05, 0) is 85.1 Å². The highest BCUT2D eigenvalue weighted by molar-refractivity contribution is 8.00. The van der Waals surface area contributed by atoms with E-state index in [2.05, 4.69) is 14.6 Å². The maximum atomic E-state index is 12.8. The number of rotatable bonds is 4. The lowest BCUT2D eigenvalue weighted by atomic mass is 10.0. The van der Waals surface area contributed by atoms with Crippen LogP contribution < -0.4 is 9.62 Å². The van der Waals surface area contributed by atoms with Gasteiger partial charge in [0.25, 0.3) is 5.91 Å². The van der Waals surface area contributed by atoms with Crippen molar-refractivity contribution >= 4 is 40.3 Å². The predicted octanol–water partition coefficient (Wildman–Crippen LogP) is 5.30. The molecule has 0 radical (unpaired) electrons. The smallest absolute Gasteiger partial charge is 0.255 e. The lowest BCUT2D eigenvalue weighted by Gasteiger charge is -2.27. The van der Waals surface area contributed by atoms with Gasteiger partial charge in [-0.25, -0.2) is 4.98 Å². The van der Waals surface area contributed by atoms with Crippen molar-refractivity contribution in [1.29, 1.82) is 0 Å². The average molecular weight is 443 g/mol. The number of benzene rings is 2. The molecule has 6 nitrogen and oxygen atoms in total. The number of hydrogen-bond donors (Lipinski definition) is 1. The fourth-order valence-electron chi connectivity index (χ4n) is 3.64. The molecule has 2 aromatic heterocycles. The van der Waals surface area contributed by atoms with Crippen LogP contribution in [-0.4, -0.2) is 35.0 Å². The Morgan fingerprint density at radius 1 is 1.06 bits per heavy atom. The number of nitrogens with zero attached hydrogens (tertiary/aromatic N) is 3. The summed E-state index contributed by atoms with van der Waals surface area (Å²) >= 11 is 1.64. The average Bonchev–Trinajstić information content (AvgIpc) is 2.85. The van der Waals surface area contributed by atoms with E-state index in [9.17, 15) is 4.79 Å². The molecule has 0 bridgehead atoms. The van der Waals surface area contributed by atoms with Crippen LogP contribution in [0.5, 0.6) is 0 Å². The molecule has 1 saturated heterocycles. The van der Waals surface area contributed by atoms with E-state index in [1.54, 1.807) is 18.1 Å². The largest absolute Gasteiger partial charge is 0.367 e. The zero-order chi connectivity index (χ0) is 21.9. The number of aromatic nitrogens is 2. The number of ether oxygens (including phenoxy) is 1. The Balaban J connectivity index is 1.35. The van der Waals surface area contributed by atoms with Gasteiger partial charge in [-0.3, -0.25) is 9.78 Å². The number of anilines is 2. The van der Waals surface area contributed by atoms with E-state index in [0.29, 0.717) is 18.1 Å². The third kappa shape index (κ3) is 4.30. The fraction of sp³-hybridized carbons (Fsp3) is 0.160. The molecule has 1 aliphatic heterocycles. The summed E-state index contributed by atoms with van der Waals surface area (Å²) < 4.78 is 7.55. The van der Waals surface area contributed by atoms with Crippen LogP contribution in [0.15, 0.2) is 72.9 Å². The van der Waals surface area contributed by atoms with Crippen LogP contribution in [0.25, 0.3) is 22.3 Å². The summed E-state index contributed by atoms with van der Waals surface area (Å²) in [7, 11) is 0. The Morgan fingerprint density at radius 3 is 2.75 bits per heavy atom. The molecule has 1 amide bonds. The number of pyridine rings is 2. The van der Waals surface area contributed by atoms with Crippen molar-refractivity contribution in [3.8, 4) is 11.3 Å². The van der Waals surface area contributed by atoms with Gasteiger partial charge in [0.05, 0.1) is 29.9 Å². The summed E-state index contributed by atoms with van der Waals surface area (Å²) in [6.45, 7) is 3.59. The topological polar surface area (TPSA) is 67.4 Å². The zero-order valence-corrected chi connectivity index (χ0v) is 18.4. The molecule has 0 unspecified atom stereocenters. The molecule has 1 N–H and O–H groups in total. The van der Waals surface area contributed by atoms with Crippen molar-refractivity contribution in [3.05, 3.63) is 84.1 Å². The molecule has 32 heavy (non-hydrogen) atoms. The van der Waals surface area contributed by atoms with Crippen molar-refractivity contribution in [2.45, 2.75) is 6.92 Å². The Morgan fingerprint density at radius 2 is 1.94 bits per heavy atom. The third-order valence-corrected chi connectivity index (χ3v) is 6.35. The lowest BCUT2D eigenvalue weighted by Crippen LogP contribution is -2.26. The summed E-state index contributed by atoms with van der Waals surface area (Å²) in [6.07, 6.45) is 1.76. The maximum Gasteiger partial charge on any atom is 0.255 e. The van der Waals surface area contributed by atoms with Gasteiger partial charge in [0.2, 0.25) is 0 Å². The molecular weight excluding hydrogens is 420 g/mol. The minimum absolute atomic E-state index is 0.142. The fourth-order valence-corrected chi connectivity index (χ4v) is 4.43. The number of amides is 1. The van der Waals surface area contributed by atoms with Gasteiger partial charge in [0, 0.05) is 28.7 Å². The lowest BCUT2D eigenvalue weighted by molar-refractivity contribution is 0.102. The summed E-state index contributed by atoms with van der Waals surface area (Å²) in [6, 6.07) is 21.3. The van der Waals surface area contributed by atoms with Gasteiger partial charge in [-0.2, -0.15) is 0 Å². The number of fused-ring (bicyclic) bond motifs is 1.